The molecule has 2 saturated carbocycles. The van der Waals surface area contributed by atoms with Crippen molar-refractivity contribution in [3.8, 4) is 0 Å². The van der Waals surface area contributed by atoms with Gasteiger partial charge in [0.05, 0.1) is 0 Å². The summed E-state index contributed by atoms with van der Waals surface area (Å²) in [5.74, 6) is 3.22. The summed E-state index contributed by atoms with van der Waals surface area (Å²) < 4.78 is 0. The number of hydrogen-bond acceptors (Lipinski definition) is 1. The van der Waals surface area contributed by atoms with Crippen molar-refractivity contribution in [3.63, 3.8) is 0 Å². The van der Waals surface area contributed by atoms with Crippen LogP contribution >= 0.6 is 0 Å². The zero-order valence-corrected chi connectivity index (χ0v) is 9.05. The molecular formula is C12H23N. The first-order valence-electron chi connectivity index (χ1n) is 6.00. The number of hydrogen-bond donors (Lipinski definition) is 1. The van der Waals surface area contributed by atoms with Gasteiger partial charge in [-0.1, -0.05) is 20.3 Å². The summed E-state index contributed by atoms with van der Waals surface area (Å²) in [6, 6.07) is 0.667. The lowest BCUT2D eigenvalue weighted by atomic mass is 9.91. The van der Waals surface area contributed by atoms with E-state index in [1.807, 2.05) is 0 Å². The van der Waals surface area contributed by atoms with E-state index in [1.54, 1.807) is 0 Å². The van der Waals surface area contributed by atoms with Crippen LogP contribution in [0.5, 0.6) is 0 Å². The third-order valence-electron chi connectivity index (χ3n) is 3.73. The molecule has 2 unspecified atom stereocenters. The number of rotatable bonds is 4. The Morgan fingerprint density at radius 3 is 2.54 bits per heavy atom. The van der Waals surface area contributed by atoms with E-state index in [2.05, 4.69) is 19.2 Å². The van der Waals surface area contributed by atoms with Gasteiger partial charge in [-0.05, 0) is 50.0 Å². The third kappa shape index (κ3) is 2.46. The van der Waals surface area contributed by atoms with Gasteiger partial charge in [0.15, 0.2) is 0 Å². The Hall–Kier alpha value is -0.0400. The maximum atomic E-state index is 3.60. The molecule has 1 nitrogen and oxygen atoms in total. The van der Waals surface area contributed by atoms with Crippen molar-refractivity contribution in [3.05, 3.63) is 0 Å². The molecule has 0 saturated heterocycles. The second kappa shape index (κ2) is 4.00. The normalized spacial score (nSPS) is 34.4. The topological polar surface area (TPSA) is 12.0 Å². The maximum absolute atomic E-state index is 3.60. The molecule has 1 heteroatoms. The van der Waals surface area contributed by atoms with Crippen LogP contribution in [0.25, 0.3) is 0 Å². The molecule has 1 N–H and O–H groups in total. The van der Waals surface area contributed by atoms with Gasteiger partial charge in [-0.3, -0.25) is 0 Å². The Morgan fingerprint density at radius 1 is 1.15 bits per heavy atom. The van der Waals surface area contributed by atoms with E-state index < -0.39 is 0 Å². The van der Waals surface area contributed by atoms with Crippen molar-refractivity contribution in [2.45, 2.75) is 52.0 Å². The van der Waals surface area contributed by atoms with Crippen molar-refractivity contribution in [1.82, 2.24) is 5.32 Å². The van der Waals surface area contributed by atoms with Crippen molar-refractivity contribution in [2.75, 3.05) is 6.54 Å². The van der Waals surface area contributed by atoms with E-state index >= 15 is 0 Å². The molecule has 13 heavy (non-hydrogen) atoms. The molecule has 2 aliphatic carbocycles. The first-order chi connectivity index (χ1) is 6.27. The average Bonchev–Trinajstić information content (AvgIpc) is 2.82. The van der Waals surface area contributed by atoms with Crippen LogP contribution in [0.15, 0.2) is 0 Å². The Labute approximate surface area is 82.3 Å². The van der Waals surface area contributed by atoms with Crippen LogP contribution in [0.1, 0.15) is 46.0 Å². The standard InChI is InChI=1S/C12H23N/c1-9(2)13-8-11-4-3-5-12(11)10-6-7-10/h9-13H,3-8H2,1-2H3. The van der Waals surface area contributed by atoms with Gasteiger partial charge in [-0.15, -0.1) is 0 Å². The van der Waals surface area contributed by atoms with Crippen LogP contribution in [0, 0.1) is 17.8 Å². The maximum Gasteiger partial charge on any atom is 0.00104 e. The van der Waals surface area contributed by atoms with E-state index in [1.165, 1.54) is 38.6 Å². The van der Waals surface area contributed by atoms with Crippen LogP contribution in [0.2, 0.25) is 0 Å². The first-order valence-corrected chi connectivity index (χ1v) is 6.00. The van der Waals surface area contributed by atoms with E-state index in [-0.39, 0.29) is 0 Å². The van der Waals surface area contributed by atoms with Gasteiger partial charge in [-0.25, -0.2) is 0 Å². The molecule has 0 aromatic carbocycles. The Kier molecular flexibility index (Phi) is 2.92. The molecule has 2 rings (SSSR count). The van der Waals surface area contributed by atoms with Crippen molar-refractivity contribution in [2.24, 2.45) is 17.8 Å². The quantitative estimate of drug-likeness (QED) is 0.703. The summed E-state index contributed by atoms with van der Waals surface area (Å²) in [7, 11) is 0. The zero-order valence-electron chi connectivity index (χ0n) is 9.05. The molecule has 0 spiro atoms. The molecule has 2 fully saturated rings. The van der Waals surface area contributed by atoms with Crippen LogP contribution in [-0.2, 0) is 0 Å². The van der Waals surface area contributed by atoms with Gasteiger partial charge in [0.2, 0.25) is 0 Å². The second-order valence-electron chi connectivity index (χ2n) is 5.26. The van der Waals surface area contributed by atoms with E-state index in [0.29, 0.717) is 6.04 Å². The fraction of sp³-hybridized carbons (Fsp3) is 1.00. The number of nitrogens with one attached hydrogen (secondary N) is 1. The predicted octanol–water partition coefficient (Wildman–Crippen LogP) is 2.81. The monoisotopic (exact) mass is 181 g/mol. The molecule has 0 heterocycles. The lowest BCUT2D eigenvalue weighted by Crippen LogP contribution is -2.31. The first kappa shape index (κ1) is 9.51. The molecule has 0 aromatic heterocycles. The lowest BCUT2D eigenvalue weighted by molar-refractivity contribution is 0.323. The molecule has 0 aliphatic heterocycles. The van der Waals surface area contributed by atoms with Gasteiger partial charge < -0.3 is 5.32 Å². The summed E-state index contributed by atoms with van der Waals surface area (Å²) >= 11 is 0. The van der Waals surface area contributed by atoms with Gasteiger partial charge in [0, 0.05) is 6.04 Å². The van der Waals surface area contributed by atoms with Gasteiger partial charge in [0.25, 0.3) is 0 Å². The minimum atomic E-state index is 0.667. The zero-order chi connectivity index (χ0) is 9.26. The highest BCUT2D eigenvalue weighted by Gasteiger charge is 2.38. The van der Waals surface area contributed by atoms with Crippen LogP contribution < -0.4 is 5.32 Å². The Morgan fingerprint density at radius 2 is 1.92 bits per heavy atom. The molecule has 0 bridgehead atoms. The average molecular weight is 181 g/mol. The van der Waals surface area contributed by atoms with Gasteiger partial charge in [-0.2, -0.15) is 0 Å². The highest BCUT2D eigenvalue weighted by Crippen LogP contribution is 2.47. The molecule has 0 amide bonds. The van der Waals surface area contributed by atoms with Crippen molar-refractivity contribution >= 4 is 0 Å². The van der Waals surface area contributed by atoms with E-state index in [4.69, 9.17) is 0 Å². The second-order valence-corrected chi connectivity index (χ2v) is 5.26. The molecule has 0 radical (unpaired) electrons. The molecular weight excluding hydrogens is 158 g/mol. The highest BCUT2D eigenvalue weighted by molar-refractivity contribution is 4.90. The van der Waals surface area contributed by atoms with Crippen LogP contribution in [0.3, 0.4) is 0 Å². The van der Waals surface area contributed by atoms with E-state index in [0.717, 1.165) is 17.8 Å². The van der Waals surface area contributed by atoms with E-state index in [9.17, 15) is 0 Å². The summed E-state index contributed by atoms with van der Waals surface area (Å²) in [5.41, 5.74) is 0. The summed E-state index contributed by atoms with van der Waals surface area (Å²) in [5, 5.41) is 3.60. The SMILES string of the molecule is CC(C)NCC1CCCC1C1CC1. The molecule has 2 aliphatic rings. The van der Waals surface area contributed by atoms with Gasteiger partial charge in [0.1, 0.15) is 0 Å². The largest absolute Gasteiger partial charge is 0.314 e. The fourth-order valence-electron chi connectivity index (χ4n) is 2.85. The Bertz CT molecular complexity index is 161. The fourth-order valence-corrected chi connectivity index (χ4v) is 2.85. The molecule has 0 aromatic rings. The summed E-state index contributed by atoms with van der Waals surface area (Å²) in [4.78, 5) is 0. The van der Waals surface area contributed by atoms with Gasteiger partial charge >= 0.3 is 0 Å². The minimum Gasteiger partial charge on any atom is -0.314 e. The molecule has 2 atom stereocenters. The lowest BCUT2D eigenvalue weighted by Gasteiger charge is -2.20. The van der Waals surface area contributed by atoms with Crippen LogP contribution in [-0.4, -0.2) is 12.6 Å². The highest BCUT2D eigenvalue weighted by atomic mass is 14.9. The van der Waals surface area contributed by atoms with Crippen LogP contribution in [0.4, 0.5) is 0 Å². The summed E-state index contributed by atoms with van der Waals surface area (Å²) in [6.45, 7) is 5.78. The third-order valence-corrected chi connectivity index (χ3v) is 3.73. The van der Waals surface area contributed by atoms with Crippen molar-refractivity contribution in [1.29, 1.82) is 0 Å². The Balaban J connectivity index is 1.76. The van der Waals surface area contributed by atoms with Crippen molar-refractivity contribution < 1.29 is 0 Å². The summed E-state index contributed by atoms with van der Waals surface area (Å²) in [6.07, 6.45) is 7.56. The molecule has 76 valence electrons. The smallest absolute Gasteiger partial charge is 0.00104 e. The predicted molar refractivity (Wildman–Crippen MR) is 56.7 cm³/mol. The minimum absolute atomic E-state index is 0.667.